The molecule has 0 aliphatic rings. The van der Waals surface area contributed by atoms with Gasteiger partial charge in [0.1, 0.15) is 19.8 Å². The summed E-state index contributed by atoms with van der Waals surface area (Å²) in [5, 5.41) is 0. The van der Waals surface area contributed by atoms with Gasteiger partial charge in [-0.15, -0.1) is 0 Å². The number of esters is 2. The average Bonchev–Trinajstić information content (AvgIpc) is 3.50. The standard InChI is InChI=1S/C75H142NO8P/c1-6-8-10-12-14-16-18-20-22-24-26-28-30-31-32-33-34-35-36-37-38-39-40-41-42-43-44-45-46-48-50-52-54-56-58-60-62-64-66-68-75(78)84-73(72-83-85(79,80)82-70-69-76(3,4)5)71-81-74(77)67-65-63-61-59-57-55-53-51-49-47-29-27-25-23-21-19-17-15-13-11-9-7-2/h8,10,14,16,20,22,26,28,73H,6-7,9,11-13,15,17-19,21,23-25,27,29-72H2,1-5H3/b10-8-,16-14-,22-20-,28-26-. The van der Waals surface area contributed by atoms with Crippen LogP contribution in [0.5, 0.6) is 0 Å². The summed E-state index contributed by atoms with van der Waals surface area (Å²) in [7, 11) is 1.19. The fourth-order valence-corrected chi connectivity index (χ4v) is 11.7. The van der Waals surface area contributed by atoms with Gasteiger partial charge in [0, 0.05) is 12.8 Å². The molecule has 0 aliphatic carbocycles. The number of likely N-dealkylation sites (N-methyl/N-ethyl adjacent to an activating group) is 1. The van der Waals surface area contributed by atoms with Crippen molar-refractivity contribution in [1.29, 1.82) is 0 Å². The highest BCUT2D eigenvalue weighted by molar-refractivity contribution is 7.45. The van der Waals surface area contributed by atoms with Gasteiger partial charge in [-0.05, 0) is 51.4 Å². The third kappa shape index (κ3) is 70.9. The summed E-state index contributed by atoms with van der Waals surface area (Å²) >= 11 is 0. The maximum absolute atomic E-state index is 12.9. The van der Waals surface area contributed by atoms with E-state index < -0.39 is 26.5 Å². The van der Waals surface area contributed by atoms with Crippen LogP contribution in [0.3, 0.4) is 0 Å². The van der Waals surface area contributed by atoms with E-state index in [-0.39, 0.29) is 32.0 Å². The summed E-state index contributed by atoms with van der Waals surface area (Å²) in [6.45, 7) is 4.20. The van der Waals surface area contributed by atoms with Crippen molar-refractivity contribution in [3.63, 3.8) is 0 Å². The van der Waals surface area contributed by atoms with Crippen LogP contribution in [-0.2, 0) is 32.7 Å². The largest absolute Gasteiger partial charge is 0.756 e. The van der Waals surface area contributed by atoms with Gasteiger partial charge in [0.15, 0.2) is 6.10 Å². The average molecular weight is 1220 g/mol. The summed E-state index contributed by atoms with van der Waals surface area (Å²) in [5.74, 6) is -0.808. The van der Waals surface area contributed by atoms with Gasteiger partial charge in [-0.25, -0.2) is 0 Å². The second kappa shape index (κ2) is 66.4. The number of rotatable bonds is 69. The molecule has 10 heteroatoms. The van der Waals surface area contributed by atoms with E-state index >= 15 is 0 Å². The van der Waals surface area contributed by atoms with Crippen molar-refractivity contribution in [2.75, 3.05) is 47.5 Å². The first-order chi connectivity index (χ1) is 41.5. The fourth-order valence-electron chi connectivity index (χ4n) is 11.0. The molecule has 0 heterocycles. The lowest BCUT2D eigenvalue weighted by molar-refractivity contribution is -0.870. The number of hydrogen-bond acceptors (Lipinski definition) is 8. The van der Waals surface area contributed by atoms with E-state index in [4.69, 9.17) is 18.5 Å². The van der Waals surface area contributed by atoms with Crippen LogP contribution in [0, 0.1) is 0 Å². The lowest BCUT2D eigenvalue weighted by Crippen LogP contribution is -2.37. The predicted octanol–water partition coefficient (Wildman–Crippen LogP) is 23.4. The first-order valence-corrected chi connectivity index (χ1v) is 38.3. The van der Waals surface area contributed by atoms with Crippen LogP contribution < -0.4 is 4.89 Å². The molecule has 0 aromatic carbocycles. The molecule has 0 fully saturated rings. The topological polar surface area (TPSA) is 111 Å². The Labute approximate surface area is 528 Å². The molecular formula is C75H142NO8P. The fraction of sp³-hybridized carbons (Fsp3) is 0.867. The molecule has 0 aromatic heterocycles. The highest BCUT2D eigenvalue weighted by Crippen LogP contribution is 2.38. The van der Waals surface area contributed by atoms with Crippen molar-refractivity contribution in [1.82, 2.24) is 0 Å². The highest BCUT2D eigenvalue weighted by Gasteiger charge is 2.22. The van der Waals surface area contributed by atoms with Gasteiger partial charge in [-0.2, -0.15) is 0 Å². The molecule has 9 nitrogen and oxygen atoms in total. The third-order valence-electron chi connectivity index (χ3n) is 16.6. The molecule has 0 aliphatic heterocycles. The Morgan fingerprint density at radius 3 is 1.00 bits per heavy atom. The highest BCUT2D eigenvalue weighted by atomic mass is 31.2. The van der Waals surface area contributed by atoms with E-state index in [0.717, 1.165) is 57.8 Å². The molecule has 0 saturated heterocycles. The monoisotopic (exact) mass is 1220 g/mol. The van der Waals surface area contributed by atoms with E-state index in [9.17, 15) is 19.0 Å². The van der Waals surface area contributed by atoms with Gasteiger partial charge >= 0.3 is 11.9 Å². The number of nitrogens with zero attached hydrogens (tertiary/aromatic N) is 1. The first kappa shape index (κ1) is 83.0. The SMILES string of the molecule is CC/C=C\C/C=C\C/C=C\C/C=C\CCCCCCCCCCCCCCCCCCCCCCCCCCCCC(=O)OC(COC(=O)CCCCCCCCCCCCCCCCCCCCCCCC)COP(=O)([O-])OCC[N+](C)(C)C. The lowest BCUT2D eigenvalue weighted by atomic mass is 10.0. The number of allylic oxidation sites excluding steroid dienone is 8. The maximum Gasteiger partial charge on any atom is 0.306 e. The van der Waals surface area contributed by atoms with Crippen LogP contribution in [0.4, 0.5) is 0 Å². The number of carbonyl (C=O) groups excluding carboxylic acids is 2. The molecule has 0 rings (SSSR count). The van der Waals surface area contributed by atoms with E-state index in [0.29, 0.717) is 17.4 Å². The minimum Gasteiger partial charge on any atom is -0.756 e. The minimum absolute atomic E-state index is 0.0271. The minimum atomic E-state index is -4.64. The zero-order valence-electron chi connectivity index (χ0n) is 57.1. The summed E-state index contributed by atoms with van der Waals surface area (Å²) in [4.78, 5) is 38.1. The van der Waals surface area contributed by atoms with E-state index in [2.05, 4.69) is 62.5 Å². The number of unbranched alkanes of at least 4 members (excludes halogenated alkanes) is 47. The van der Waals surface area contributed by atoms with Crippen LogP contribution in [0.2, 0.25) is 0 Å². The number of quaternary nitrogens is 1. The molecule has 0 saturated carbocycles. The Morgan fingerprint density at radius 1 is 0.376 bits per heavy atom. The van der Waals surface area contributed by atoms with E-state index in [1.807, 2.05) is 21.1 Å². The number of carbonyl (C=O) groups is 2. The normalized spacial score (nSPS) is 13.3. The Morgan fingerprint density at radius 2 is 0.671 bits per heavy atom. The Balaban J connectivity index is 3.90. The van der Waals surface area contributed by atoms with Crippen LogP contribution in [0.15, 0.2) is 48.6 Å². The predicted molar refractivity (Wildman–Crippen MR) is 365 cm³/mol. The molecule has 0 aromatic rings. The molecule has 2 unspecified atom stereocenters. The van der Waals surface area contributed by atoms with Crippen molar-refractivity contribution >= 4 is 19.8 Å². The van der Waals surface area contributed by atoms with Crippen LogP contribution in [0.1, 0.15) is 367 Å². The smallest absolute Gasteiger partial charge is 0.306 e. The Bertz CT molecular complexity index is 1570. The quantitative estimate of drug-likeness (QED) is 0.0195. The molecular weight excluding hydrogens is 1070 g/mol. The first-order valence-electron chi connectivity index (χ1n) is 36.8. The summed E-state index contributed by atoms with van der Waals surface area (Å²) in [6, 6.07) is 0. The molecule has 0 spiro atoms. The second-order valence-electron chi connectivity index (χ2n) is 26.3. The molecule has 0 bridgehead atoms. The Hall–Kier alpha value is -2.03. The lowest BCUT2D eigenvalue weighted by Gasteiger charge is -2.28. The summed E-state index contributed by atoms with van der Waals surface area (Å²) < 4.78 is 34.4. The zero-order valence-corrected chi connectivity index (χ0v) is 58.0. The Kier molecular flexibility index (Phi) is 64.8. The molecule has 0 N–H and O–H groups in total. The molecule has 0 radical (unpaired) electrons. The summed E-state index contributed by atoms with van der Waals surface area (Å²) in [6.07, 6.45) is 86.5. The molecule has 0 amide bonds. The van der Waals surface area contributed by atoms with Crippen molar-refractivity contribution in [3.05, 3.63) is 48.6 Å². The molecule has 2 atom stereocenters. The van der Waals surface area contributed by atoms with E-state index in [1.165, 1.54) is 276 Å². The second-order valence-corrected chi connectivity index (χ2v) is 27.7. The van der Waals surface area contributed by atoms with E-state index in [1.54, 1.807) is 0 Å². The summed E-state index contributed by atoms with van der Waals surface area (Å²) in [5.41, 5.74) is 0. The van der Waals surface area contributed by atoms with Crippen molar-refractivity contribution in [3.8, 4) is 0 Å². The van der Waals surface area contributed by atoms with Crippen LogP contribution in [0.25, 0.3) is 0 Å². The van der Waals surface area contributed by atoms with Gasteiger partial charge in [-0.1, -0.05) is 351 Å². The van der Waals surface area contributed by atoms with Crippen molar-refractivity contribution in [2.24, 2.45) is 0 Å². The number of phosphoric acid groups is 1. The van der Waals surface area contributed by atoms with Gasteiger partial charge in [0.2, 0.25) is 0 Å². The molecule has 500 valence electrons. The number of hydrogen-bond donors (Lipinski definition) is 0. The van der Waals surface area contributed by atoms with Crippen LogP contribution >= 0.6 is 7.82 Å². The van der Waals surface area contributed by atoms with Crippen molar-refractivity contribution < 1.29 is 42.1 Å². The van der Waals surface area contributed by atoms with Crippen LogP contribution in [-0.4, -0.2) is 70.0 Å². The van der Waals surface area contributed by atoms with Gasteiger partial charge in [0.05, 0.1) is 27.7 Å². The number of ether oxygens (including phenoxy) is 2. The maximum atomic E-state index is 12.9. The van der Waals surface area contributed by atoms with Gasteiger partial charge in [-0.3, -0.25) is 14.2 Å². The third-order valence-corrected chi connectivity index (χ3v) is 17.6. The molecule has 85 heavy (non-hydrogen) atoms. The van der Waals surface area contributed by atoms with Gasteiger partial charge < -0.3 is 27.9 Å². The zero-order chi connectivity index (χ0) is 61.9. The van der Waals surface area contributed by atoms with Gasteiger partial charge in [0.25, 0.3) is 7.82 Å². The number of phosphoric ester groups is 1. The van der Waals surface area contributed by atoms with Crippen molar-refractivity contribution in [2.45, 2.75) is 373 Å².